The predicted molar refractivity (Wildman–Crippen MR) is 110 cm³/mol. The second-order valence-corrected chi connectivity index (χ2v) is 8.52. The highest BCUT2D eigenvalue weighted by molar-refractivity contribution is 7.82. The number of hydrogen-bond acceptors (Lipinski definition) is 10. The number of rotatable bonds is 13. The Hall–Kier alpha value is -1.47. The molecule has 1 heterocycles. The first-order valence-corrected chi connectivity index (χ1v) is 11.8. The molecule has 0 saturated carbocycles. The molecule has 0 bridgehead atoms. The first kappa shape index (κ1) is 25.8. The largest absolute Gasteiger partial charge is 0.490 e. The van der Waals surface area contributed by atoms with Gasteiger partial charge in [-0.2, -0.15) is 8.42 Å². The average Bonchev–Trinajstić information content (AvgIpc) is 2.74. The van der Waals surface area contributed by atoms with Crippen molar-refractivity contribution in [3.05, 3.63) is 24.3 Å². The van der Waals surface area contributed by atoms with Crippen molar-refractivity contribution in [2.45, 2.75) is 76.2 Å². The van der Waals surface area contributed by atoms with E-state index in [1.165, 1.54) is 25.3 Å². The van der Waals surface area contributed by atoms with Crippen LogP contribution in [0.4, 0.5) is 0 Å². The quantitative estimate of drug-likeness (QED) is 0.309. The maximum Gasteiger partial charge on any atom is 0.451 e. The van der Waals surface area contributed by atoms with E-state index in [1.54, 1.807) is 18.2 Å². The summed E-state index contributed by atoms with van der Waals surface area (Å²) in [6, 6.07) is 6.14. The summed E-state index contributed by atoms with van der Waals surface area (Å²) in [4.78, 5) is 0. The molecule has 0 amide bonds. The molecule has 0 aliphatic carbocycles. The first-order valence-electron chi connectivity index (χ1n) is 10.4. The number of unbranched alkanes of at least 4 members (excludes halogenated alkanes) is 5. The van der Waals surface area contributed by atoms with Gasteiger partial charge in [-0.15, -0.1) is 0 Å². The maximum atomic E-state index is 12.3. The van der Waals surface area contributed by atoms with Crippen LogP contribution >= 0.6 is 0 Å². The van der Waals surface area contributed by atoms with Gasteiger partial charge in [-0.25, -0.2) is 4.18 Å². The van der Waals surface area contributed by atoms with Crippen molar-refractivity contribution in [1.29, 1.82) is 0 Å². The molecule has 178 valence electrons. The van der Waals surface area contributed by atoms with Crippen LogP contribution in [-0.2, 0) is 19.3 Å². The lowest BCUT2D eigenvalue weighted by molar-refractivity contribution is -0.277. The summed E-state index contributed by atoms with van der Waals surface area (Å²) in [7, 11) is -4.75. The molecule has 2 rings (SSSR count). The van der Waals surface area contributed by atoms with E-state index in [9.17, 15) is 28.8 Å². The first-order chi connectivity index (χ1) is 14.8. The zero-order valence-corrected chi connectivity index (χ0v) is 18.3. The SMILES string of the molecule is CCCCCCCCOc1ccccc1OS(=O)(=O)O[C@@H]1O[C@H](CO)[C@@H](O)[C@H](O)[C@H]1O. The van der Waals surface area contributed by atoms with Gasteiger partial charge in [0, 0.05) is 0 Å². The molecule has 10 nitrogen and oxygen atoms in total. The molecule has 1 aromatic rings. The molecule has 1 saturated heterocycles. The van der Waals surface area contributed by atoms with Crippen LogP contribution < -0.4 is 8.92 Å². The molecule has 11 heteroatoms. The Morgan fingerprint density at radius 1 is 0.935 bits per heavy atom. The number of ether oxygens (including phenoxy) is 2. The molecule has 1 aliphatic rings. The Labute approximate surface area is 182 Å². The minimum atomic E-state index is -4.75. The van der Waals surface area contributed by atoms with Crippen LogP contribution in [0.2, 0.25) is 0 Å². The fourth-order valence-electron chi connectivity index (χ4n) is 3.10. The third kappa shape index (κ3) is 7.86. The van der Waals surface area contributed by atoms with Crippen LogP contribution in [0, 0.1) is 0 Å². The van der Waals surface area contributed by atoms with E-state index in [-0.39, 0.29) is 11.5 Å². The second kappa shape index (κ2) is 12.5. The van der Waals surface area contributed by atoms with E-state index >= 15 is 0 Å². The summed E-state index contributed by atoms with van der Waals surface area (Å²) >= 11 is 0. The molecule has 4 N–H and O–H groups in total. The number of aliphatic hydroxyl groups excluding tert-OH is 4. The molecule has 1 aromatic carbocycles. The van der Waals surface area contributed by atoms with Gasteiger partial charge >= 0.3 is 10.4 Å². The Bertz CT molecular complexity index is 754. The van der Waals surface area contributed by atoms with Crippen LogP contribution in [0.3, 0.4) is 0 Å². The number of benzene rings is 1. The van der Waals surface area contributed by atoms with Crippen molar-refractivity contribution in [1.82, 2.24) is 0 Å². The number of hydrogen-bond donors (Lipinski definition) is 4. The summed E-state index contributed by atoms with van der Waals surface area (Å²) in [5, 5.41) is 38.6. The monoisotopic (exact) mass is 464 g/mol. The predicted octanol–water partition coefficient (Wildman–Crippen LogP) is 0.866. The van der Waals surface area contributed by atoms with Gasteiger partial charge in [-0.1, -0.05) is 51.2 Å². The normalized spacial score (nSPS) is 26.5. The lowest BCUT2D eigenvalue weighted by Crippen LogP contribution is -2.59. The van der Waals surface area contributed by atoms with Crippen LogP contribution in [0.15, 0.2) is 24.3 Å². The lowest BCUT2D eigenvalue weighted by atomic mass is 10.00. The fourth-order valence-corrected chi connectivity index (χ4v) is 3.88. The highest BCUT2D eigenvalue weighted by Crippen LogP contribution is 2.30. The number of para-hydroxylation sites is 2. The van der Waals surface area contributed by atoms with Gasteiger partial charge in [-0.05, 0) is 18.6 Å². The number of aliphatic hydroxyl groups is 4. The molecule has 31 heavy (non-hydrogen) atoms. The summed E-state index contributed by atoms with van der Waals surface area (Å²) in [5.41, 5.74) is 0. The zero-order chi connectivity index (χ0) is 22.9. The average molecular weight is 465 g/mol. The van der Waals surface area contributed by atoms with Gasteiger partial charge in [0.05, 0.1) is 13.2 Å². The summed E-state index contributed by atoms with van der Waals surface area (Å²) in [6.45, 7) is 1.82. The minimum absolute atomic E-state index is 0.113. The Balaban J connectivity index is 1.94. The van der Waals surface area contributed by atoms with E-state index in [0.717, 1.165) is 19.3 Å². The summed E-state index contributed by atoms with van der Waals surface area (Å²) < 4.78 is 45.0. The van der Waals surface area contributed by atoms with Crippen molar-refractivity contribution in [3.63, 3.8) is 0 Å². The van der Waals surface area contributed by atoms with Gasteiger partial charge in [0.15, 0.2) is 11.5 Å². The second-order valence-electron chi connectivity index (χ2n) is 7.35. The fraction of sp³-hybridized carbons (Fsp3) is 0.700. The van der Waals surface area contributed by atoms with Crippen LogP contribution in [0.1, 0.15) is 45.4 Å². The molecule has 0 aromatic heterocycles. The van der Waals surface area contributed by atoms with Crippen LogP contribution in [0.25, 0.3) is 0 Å². The zero-order valence-electron chi connectivity index (χ0n) is 17.5. The third-order valence-corrected chi connectivity index (χ3v) is 5.67. The van der Waals surface area contributed by atoms with Crippen molar-refractivity contribution >= 4 is 10.4 Å². The Kier molecular flexibility index (Phi) is 10.4. The van der Waals surface area contributed by atoms with Gasteiger partial charge < -0.3 is 34.1 Å². The topological polar surface area (TPSA) is 152 Å². The van der Waals surface area contributed by atoms with Crippen molar-refractivity contribution < 1.29 is 46.7 Å². The molecule has 1 fully saturated rings. The molecular weight excluding hydrogens is 432 g/mol. The Morgan fingerprint density at radius 3 is 2.26 bits per heavy atom. The molecule has 0 radical (unpaired) electrons. The minimum Gasteiger partial charge on any atom is -0.490 e. The smallest absolute Gasteiger partial charge is 0.451 e. The van der Waals surface area contributed by atoms with Gasteiger partial charge in [-0.3, -0.25) is 0 Å². The van der Waals surface area contributed by atoms with Gasteiger partial charge in [0.2, 0.25) is 6.29 Å². The molecule has 0 spiro atoms. The maximum absolute atomic E-state index is 12.3. The Morgan fingerprint density at radius 2 is 1.58 bits per heavy atom. The van der Waals surface area contributed by atoms with E-state index in [0.29, 0.717) is 6.61 Å². The van der Waals surface area contributed by atoms with Crippen molar-refractivity contribution in [3.8, 4) is 11.5 Å². The summed E-state index contributed by atoms with van der Waals surface area (Å²) in [6.07, 6.45) is -2.03. The molecule has 5 atom stereocenters. The molecule has 0 unspecified atom stereocenters. The summed E-state index contributed by atoms with van der Waals surface area (Å²) in [5.74, 6) is 0.0927. The van der Waals surface area contributed by atoms with E-state index in [1.807, 2.05) is 0 Å². The third-order valence-electron chi connectivity index (χ3n) is 4.86. The standard InChI is InChI=1S/C20H32O10S/c1-2-3-4-5-6-9-12-27-14-10-7-8-11-15(14)29-31(25,26)30-20-19(24)18(23)17(22)16(13-21)28-20/h7-8,10-11,16-24H,2-6,9,12-13H2,1H3/t16-,17-,18+,19-,20+/m1/s1. The van der Waals surface area contributed by atoms with Crippen molar-refractivity contribution in [2.24, 2.45) is 0 Å². The highest BCUT2D eigenvalue weighted by Gasteiger charge is 2.46. The highest BCUT2D eigenvalue weighted by atomic mass is 32.3. The van der Waals surface area contributed by atoms with Crippen molar-refractivity contribution in [2.75, 3.05) is 13.2 Å². The van der Waals surface area contributed by atoms with Crippen LogP contribution in [-0.4, -0.2) is 72.8 Å². The van der Waals surface area contributed by atoms with E-state index in [4.69, 9.17) is 17.8 Å². The van der Waals surface area contributed by atoms with E-state index in [2.05, 4.69) is 6.92 Å². The van der Waals surface area contributed by atoms with Gasteiger partial charge in [0.25, 0.3) is 0 Å². The van der Waals surface area contributed by atoms with Crippen LogP contribution in [0.5, 0.6) is 11.5 Å². The van der Waals surface area contributed by atoms with E-state index < -0.39 is 47.7 Å². The lowest BCUT2D eigenvalue weighted by Gasteiger charge is -2.38. The van der Waals surface area contributed by atoms with Gasteiger partial charge in [0.1, 0.15) is 24.4 Å². The molecule has 1 aliphatic heterocycles. The molecular formula is C20H32O10S.